The Kier molecular flexibility index (Phi) is 6.50. The number of hydrogen-bond donors (Lipinski definition) is 3. The van der Waals surface area contributed by atoms with Crippen molar-refractivity contribution >= 4 is 17.7 Å². The summed E-state index contributed by atoms with van der Waals surface area (Å²) in [4.78, 5) is 13.1. The van der Waals surface area contributed by atoms with Crippen molar-refractivity contribution in [2.45, 2.75) is 39.7 Å². The maximum absolute atomic E-state index is 14.3. The molecule has 0 unspecified atom stereocenters. The van der Waals surface area contributed by atoms with Crippen LogP contribution in [0.2, 0.25) is 0 Å². The molecule has 0 heterocycles. The fourth-order valence-electron chi connectivity index (χ4n) is 2.01. The molecule has 7 heteroatoms. The van der Waals surface area contributed by atoms with Crippen LogP contribution in [0.3, 0.4) is 0 Å². The summed E-state index contributed by atoms with van der Waals surface area (Å²) in [5.41, 5.74) is 5.79. The highest BCUT2D eigenvalue weighted by Gasteiger charge is 2.21. The third-order valence-corrected chi connectivity index (χ3v) is 2.94. The molecule has 0 spiro atoms. The van der Waals surface area contributed by atoms with Crippen LogP contribution in [0.4, 0.5) is 14.9 Å². The van der Waals surface area contributed by atoms with E-state index in [1.54, 1.807) is 39.8 Å². The normalized spacial score (nSPS) is 11.0. The zero-order chi connectivity index (χ0) is 17.6. The van der Waals surface area contributed by atoms with Gasteiger partial charge in [-0.15, -0.1) is 0 Å². The number of amides is 1. The lowest BCUT2D eigenvalue weighted by molar-refractivity contribution is 0.0562. The van der Waals surface area contributed by atoms with Crippen LogP contribution in [-0.4, -0.2) is 30.7 Å². The predicted molar refractivity (Wildman–Crippen MR) is 89.3 cm³/mol. The first-order valence-electron chi connectivity index (χ1n) is 7.52. The van der Waals surface area contributed by atoms with E-state index in [2.05, 4.69) is 5.32 Å². The number of benzene rings is 1. The largest absolute Gasteiger partial charge is 0.444 e. The standard InChI is InChI=1S/C16H25FN4O2/c1-5-21(14(19)20-15(22)23-16(2,3)4)13-7-6-11(8-9-18)10-12(13)17/h6-7,10H,5,8-9,18H2,1-4H3,(H2,19,20,22). The van der Waals surface area contributed by atoms with Crippen molar-refractivity contribution in [3.63, 3.8) is 0 Å². The first-order chi connectivity index (χ1) is 10.7. The van der Waals surface area contributed by atoms with Gasteiger partial charge in [-0.2, -0.15) is 0 Å². The summed E-state index contributed by atoms with van der Waals surface area (Å²) in [6, 6.07) is 4.73. The summed E-state index contributed by atoms with van der Waals surface area (Å²) in [6.45, 7) is 7.70. The van der Waals surface area contributed by atoms with Gasteiger partial charge in [0.1, 0.15) is 11.4 Å². The minimum Gasteiger partial charge on any atom is -0.444 e. The fraction of sp³-hybridized carbons (Fsp3) is 0.500. The second-order valence-corrected chi connectivity index (χ2v) is 6.04. The summed E-state index contributed by atoms with van der Waals surface area (Å²) in [5.74, 6) is -0.708. The summed E-state index contributed by atoms with van der Waals surface area (Å²) >= 11 is 0. The molecule has 0 saturated heterocycles. The van der Waals surface area contributed by atoms with Crippen LogP contribution in [-0.2, 0) is 11.2 Å². The maximum Gasteiger partial charge on any atom is 0.414 e. The second kappa shape index (κ2) is 7.92. The molecule has 0 radical (unpaired) electrons. The van der Waals surface area contributed by atoms with Gasteiger partial charge in [0.2, 0.25) is 5.96 Å². The molecule has 0 aliphatic rings. The molecule has 0 fully saturated rings. The van der Waals surface area contributed by atoms with E-state index >= 15 is 0 Å². The number of nitrogens with zero attached hydrogens (tertiary/aromatic N) is 1. The lowest BCUT2D eigenvalue weighted by Crippen LogP contribution is -2.45. The number of nitrogens with two attached hydrogens (primary N) is 1. The second-order valence-electron chi connectivity index (χ2n) is 6.04. The Bertz CT molecular complexity index is 570. The molecule has 1 aromatic carbocycles. The van der Waals surface area contributed by atoms with Gasteiger partial charge in [0, 0.05) is 6.54 Å². The van der Waals surface area contributed by atoms with Crippen LogP contribution in [0.15, 0.2) is 18.2 Å². The highest BCUT2D eigenvalue weighted by atomic mass is 19.1. The smallest absolute Gasteiger partial charge is 0.414 e. The van der Waals surface area contributed by atoms with Gasteiger partial charge in [0.15, 0.2) is 0 Å². The van der Waals surface area contributed by atoms with Gasteiger partial charge in [-0.05, 0) is 58.4 Å². The van der Waals surface area contributed by atoms with Crippen molar-refractivity contribution < 1.29 is 13.9 Å². The number of carbonyl (C=O) groups is 1. The number of guanidine groups is 1. The summed E-state index contributed by atoms with van der Waals surface area (Å²) in [7, 11) is 0. The van der Waals surface area contributed by atoms with Gasteiger partial charge < -0.3 is 15.4 Å². The predicted octanol–water partition coefficient (Wildman–Crippen LogP) is 2.61. The Labute approximate surface area is 136 Å². The minimum atomic E-state index is -0.749. The van der Waals surface area contributed by atoms with E-state index in [1.165, 1.54) is 11.0 Å². The maximum atomic E-state index is 14.3. The molecule has 4 N–H and O–H groups in total. The van der Waals surface area contributed by atoms with Crippen LogP contribution in [0.25, 0.3) is 0 Å². The average Bonchev–Trinajstić information content (AvgIpc) is 2.40. The van der Waals surface area contributed by atoms with Crippen molar-refractivity contribution in [1.29, 1.82) is 5.41 Å². The molecular weight excluding hydrogens is 299 g/mol. The zero-order valence-electron chi connectivity index (χ0n) is 14.1. The molecule has 0 aliphatic carbocycles. The average molecular weight is 324 g/mol. The summed E-state index contributed by atoms with van der Waals surface area (Å²) in [6.07, 6.45) is -0.169. The van der Waals surface area contributed by atoms with Crippen LogP contribution in [0.1, 0.15) is 33.3 Å². The van der Waals surface area contributed by atoms with Gasteiger partial charge in [0.25, 0.3) is 0 Å². The lowest BCUT2D eigenvalue weighted by Gasteiger charge is -2.26. The first kappa shape index (κ1) is 18.9. The SMILES string of the molecule is CCN(C(=N)NC(=O)OC(C)(C)C)c1ccc(CCN)cc1F. The topological polar surface area (TPSA) is 91.4 Å². The van der Waals surface area contributed by atoms with E-state index in [1.807, 2.05) is 0 Å². The molecule has 0 aliphatic heterocycles. The summed E-state index contributed by atoms with van der Waals surface area (Å²) < 4.78 is 19.4. The van der Waals surface area contributed by atoms with E-state index in [0.29, 0.717) is 19.5 Å². The van der Waals surface area contributed by atoms with Crippen molar-refractivity contribution in [2.24, 2.45) is 5.73 Å². The van der Waals surface area contributed by atoms with E-state index in [0.717, 1.165) is 5.56 Å². The number of rotatable bonds is 4. The zero-order valence-corrected chi connectivity index (χ0v) is 14.1. The van der Waals surface area contributed by atoms with E-state index in [4.69, 9.17) is 15.9 Å². The van der Waals surface area contributed by atoms with Crippen molar-refractivity contribution in [1.82, 2.24) is 5.32 Å². The molecule has 0 atom stereocenters. The monoisotopic (exact) mass is 324 g/mol. The van der Waals surface area contributed by atoms with Crippen LogP contribution < -0.4 is 16.0 Å². The van der Waals surface area contributed by atoms with Crippen LogP contribution in [0.5, 0.6) is 0 Å². The Hall–Kier alpha value is -2.15. The van der Waals surface area contributed by atoms with Gasteiger partial charge in [-0.3, -0.25) is 10.7 Å². The highest BCUT2D eigenvalue weighted by Crippen LogP contribution is 2.21. The van der Waals surface area contributed by atoms with E-state index < -0.39 is 17.5 Å². The fourth-order valence-corrected chi connectivity index (χ4v) is 2.01. The number of anilines is 1. The quantitative estimate of drug-likeness (QED) is 0.586. The molecular formula is C16H25FN4O2. The number of carbonyl (C=O) groups excluding carboxylic acids is 1. The molecule has 0 saturated carbocycles. The molecule has 0 bridgehead atoms. The molecule has 128 valence electrons. The lowest BCUT2D eigenvalue weighted by atomic mass is 10.1. The van der Waals surface area contributed by atoms with Crippen molar-refractivity contribution in [3.8, 4) is 0 Å². The third-order valence-electron chi connectivity index (χ3n) is 2.94. The van der Waals surface area contributed by atoms with Gasteiger partial charge >= 0.3 is 6.09 Å². The molecule has 0 aromatic heterocycles. The molecule has 1 rings (SSSR count). The Morgan fingerprint density at radius 2 is 2.09 bits per heavy atom. The van der Waals surface area contributed by atoms with E-state index in [9.17, 15) is 9.18 Å². The molecule has 1 aromatic rings. The third kappa shape index (κ3) is 5.86. The molecule has 6 nitrogen and oxygen atoms in total. The van der Waals surface area contributed by atoms with E-state index in [-0.39, 0.29) is 11.6 Å². The molecule has 1 amide bonds. The van der Waals surface area contributed by atoms with Gasteiger partial charge in [0.05, 0.1) is 5.69 Å². The van der Waals surface area contributed by atoms with Crippen molar-refractivity contribution in [3.05, 3.63) is 29.6 Å². The molecule has 23 heavy (non-hydrogen) atoms. The Morgan fingerprint density at radius 3 is 2.57 bits per heavy atom. The Morgan fingerprint density at radius 1 is 1.43 bits per heavy atom. The van der Waals surface area contributed by atoms with Crippen LogP contribution in [0, 0.1) is 11.2 Å². The van der Waals surface area contributed by atoms with Gasteiger partial charge in [-0.1, -0.05) is 6.07 Å². The van der Waals surface area contributed by atoms with Gasteiger partial charge in [-0.25, -0.2) is 9.18 Å². The Balaban J connectivity index is 2.87. The number of ether oxygens (including phenoxy) is 1. The number of nitrogens with one attached hydrogen (secondary N) is 2. The number of hydrogen-bond acceptors (Lipinski definition) is 4. The number of halogens is 1. The minimum absolute atomic E-state index is 0.217. The highest BCUT2D eigenvalue weighted by molar-refractivity contribution is 6.02. The summed E-state index contributed by atoms with van der Waals surface area (Å²) in [5, 5.41) is 10.3. The first-order valence-corrected chi connectivity index (χ1v) is 7.52. The van der Waals surface area contributed by atoms with Crippen LogP contribution >= 0.6 is 0 Å². The van der Waals surface area contributed by atoms with Crippen molar-refractivity contribution in [2.75, 3.05) is 18.0 Å². The number of alkyl carbamates (subject to hydrolysis) is 1.